The van der Waals surface area contributed by atoms with Gasteiger partial charge in [-0.3, -0.25) is 9.52 Å². The predicted molar refractivity (Wildman–Crippen MR) is 126 cm³/mol. The number of nitrogens with zero attached hydrogens (tertiary/aromatic N) is 3. The van der Waals surface area contributed by atoms with Gasteiger partial charge in [0.1, 0.15) is 0 Å². The number of carbonyl (C=O) groups excluding carboxylic acids is 1. The first-order valence-electron chi connectivity index (χ1n) is 10.1. The van der Waals surface area contributed by atoms with Crippen molar-refractivity contribution < 1.29 is 18.3 Å². The molecule has 12 heteroatoms. The van der Waals surface area contributed by atoms with E-state index in [9.17, 15) is 18.3 Å². The van der Waals surface area contributed by atoms with Gasteiger partial charge in [-0.2, -0.15) is 15.0 Å². The van der Waals surface area contributed by atoms with Gasteiger partial charge in [0.15, 0.2) is 5.16 Å². The molecule has 0 aliphatic rings. The summed E-state index contributed by atoms with van der Waals surface area (Å²) in [5, 5.41) is 15.8. The maximum absolute atomic E-state index is 11.7. The van der Waals surface area contributed by atoms with Crippen LogP contribution in [-0.4, -0.2) is 53.3 Å². The summed E-state index contributed by atoms with van der Waals surface area (Å²) >= 11 is 1.32. The smallest absolute Gasteiger partial charge is 0.242 e. The van der Waals surface area contributed by atoms with Crippen LogP contribution in [0.4, 0.5) is 11.9 Å². The van der Waals surface area contributed by atoms with E-state index in [1.54, 1.807) is 0 Å². The molecule has 0 saturated heterocycles. The van der Waals surface area contributed by atoms with E-state index in [0.29, 0.717) is 29.8 Å². The number of hydrogen-bond donors (Lipinski definition) is 4. The fourth-order valence-corrected chi connectivity index (χ4v) is 4.03. The Labute approximate surface area is 193 Å². The first-order valence-corrected chi connectivity index (χ1v) is 13.0. The molecule has 1 heterocycles. The Morgan fingerprint density at radius 2 is 1.84 bits per heavy atom. The van der Waals surface area contributed by atoms with Crippen LogP contribution in [0.3, 0.4) is 0 Å². The zero-order valence-electron chi connectivity index (χ0n) is 18.6. The first kappa shape index (κ1) is 25.8. The summed E-state index contributed by atoms with van der Waals surface area (Å²) in [4.78, 5) is 23.8. The van der Waals surface area contributed by atoms with Crippen molar-refractivity contribution in [3.8, 4) is 0 Å². The van der Waals surface area contributed by atoms with E-state index in [0.717, 1.165) is 17.4 Å². The van der Waals surface area contributed by atoms with E-state index in [-0.39, 0.29) is 30.5 Å². The Hall–Kier alpha value is -2.44. The second-order valence-electron chi connectivity index (χ2n) is 7.81. The molecule has 1 aromatic carbocycles. The molecule has 0 saturated carbocycles. The predicted octanol–water partition coefficient (Wildman–Crippen LogP) is 1.99. The number of aliphatic hydroxyl groups excluding tert-OH is 1. The number of hydrogen-bond acceptors (Lipinski definition) is 9. The lowest BCUT2D eigenvalue weighted by molar-refractivity contribution is -0.119. The second kappa shape index (κ2) is 12.0. The van der Waals surface area contributed by atoms with Crippen LogP contribution in [0, 0.1) is 5.92 Å². The Kier molecular flexibility index (Phi) is 9.66. The number of thioether (sulfide) groups is 1. The average molecular weight is 483 g/mol. The lowest BCUT2D eigenvalue weighted by Crippen LogP contribution is -2.27. The van der Waals surface area contributed by atoms with Crippen LogP contribution in [0.25, 0.3) is 0 Å². The van der Waals surface area contributed by atoms with Gasteiger partial charge >= 0.3 is 0 Å². The fraction of sp³-hybridized carbons (Fsp3) is 0.500. The van der Waals surface area contributed by atoms with E-state index < -0.39 is 10.0 Å². The number of nitrogens with one attached hydrogen (secondary N) is 3. The van der Waals surface area contributed by atoms with E-state index in [2.05, 4.69) is 30.3 Å². The van der Waals surface area contributed by atoms with Crippen molar-refractivity contribution in [1.82, 2.24) is 20.3 Å². The zero-order chi connectivity index (χ0) is 23.7. The van der Waals surface area contributed by atoms with Crippen molar-refractivity contribution in [3.05, 3.63) is 35.4 Å². The molecule has 32 heavy (non-hydrogen) atoms. The Morgan fingerprint density at radius 3 is 2.47 bits per heavy atom. The van der Waals surface area contributed by atoms with E-state index >= 15 is 0 Å². The van der Waals surface area contributed by atoms with E-state index in [4.69, 9.17) is 0 Å². The first-order chi connectivity index (χ1) is 15.0. The number of aliphatic hydroxyl groups is 1. The largest absolute Gasteiger partial charge is 0.394 e. The second-order valence-corrected chi connectivity index (χ2v) is 10.5. The van der Waals surface area contributed by atoms with Crippen molar-refractivity contribution in [2.45, 2.75) is 50.7 Å². The number of benzene rings is 1. The molecule has 0 spiro atoms. The molecule has 4 N–H and O–H groups in total. The molecule has 0 aliphatic carbocycles. The molecule has 176 valence electrons. The number of rotatable bonds is 12. The molecular weight excluding hydrogens is 452 g/mol. The zero-order valence-corrected chi connectivity index (χ0v) is 20.3. The third kappa shape index (κ3) is 9.79. The van der Waals surface area contributed by atoms with Gasteiger partial charge in [-0.05, 0) is 23.5 Å². The van der Waals surface area contributed by atoms with Crippen LogP contribution >= 0.6 is 11.8 Å². The maximum Gasteiger partial charge on any atom is 0.242 e. The molecule has 0 fully saturated rings. The SMILES string of the molecule is CC(=O)NCc1cccc(CSc2nc(N[C@@H](CO)CC(C)C)nc(NS(C)(=O)=O)n2)c1. The summed E-state index contributed by atoms with van der Waals surface area (Å²) in [5.41, 5.74) is 1.97. The molecule has 0 unspecified atom stereocenters. The van der Waals surface area contributed by atoms with E-state index in [1.807, 2.05) is 38.1 Å². The highest BCUT2D eigenvalue weighted by molar-refractivity contribution is 7.98. The molecule has 10 nitrogen and oxygen atoms in total. The molecule has 1 atom stereocenters. The van der Waals surface area contributed by atoms with Crippen LogP contribution in [-0.2, 0) is 27.1 Å². The highest BCUT2D eigenvalue weighted by Gasteiger charge is 2.15. The minimum atomic E-state index is -3.57. The van der Waals surface area contributed by atoms with Gasteiger partial charge in [-0.1, -0.05) is 49.9 Å². The highest BCUT2D eigenvalue weighted by Crippen LogP contribution is 2.23. The number of anilines is 2. The van der Waals surface area contributed by atoms with Crippen molar-refractivity contribution in [3.63, 3.8) is 0 Å². The lowest BCUT2D eigenvalue weighted by Gasteiger charge is -2.18. The van der Waals surface area contributed by atoms with Crippen molar-refractivity contribution in [2.24, 2.45) is 5.92 Å². The molecule has 2 aromatic rings. The summed E-state index contributed by atoms with van der Waals surface area (Å²) in [6.45, 7) is 5.87. The van der Waals surface area contributed by atoms with Crippen LogP contribution < -0.4 is 15.4 Å². The summed E-state index contributed by atoms with van der Waals surface area (Å²) in [7, 11) is -3.57. The third-order valence-corrected chi connectivity index (χ3v) is 5.57. The highest BCUT2D eigenvalue weighted by atomic mass is 32.2. The average Bonchev–Trinajstić information content (AvgIpc) is 2.69. The number of aromatic nitrogens is 3. The van der Waals surface area contributed by atoms with Crippen LogP contribution in [0.1, 0.15) is 38.3 Å². The van der Waals surface area contributed by atoms with Crippen molar-refractivity contribution in [2.75, 3.05) is 22.9 Å². The standard InChI is InChI=1S/C20H30N6O4S2/c1-13(2)8-17(11-27)22-18-23-19(26-32(4,29)30)25-20(24-18)31-12-16-7-5-6-15(9-16)10-21-14(3)28/h5-7,9,13,17,27H,8,10-12H2,1-4H3,(H,21,28)(H2,22,23,24,25,26)/t17-/m1/s1. The topological polar surface area (TPSA) is 146 Å². The Morgan fingerprint density at radius 1 is 1.16 bits per heavy atom. The molecule has 0 bridgehead atoms. The minimum absolute atomic E-state index is 0.0897. The van der Waals surface area contributed by atoms with Gasteiger partial charge < -0.3 is 15.7 Å². The normalized spacial score (nSPS) is 12.4. The molecule has 1 amide bonds. The number of carbonyl (C=O) groups is 1. The summed E-state index contributed by atoms with van der Waals surface area (Å²) in [6, 6.07) is 7.48. The maximum atomic E-state index is 11.7. The number of amides is 1. The van der Waals surface area contributed by atoms with Crippen molar-refractivity contribution in [1.29, 1.82) is 0 Å². The van der Waals surface area contributed by atoms with Gasteiger partial charge in [-0.25, -0.2) is 8.42 Å². The summed E-state index contributed by atoms with van der Waals surface area (Å²) in [5.74, 6) is 0.875. The van der Waals surface area contributed by atoms with Crippen LogP contribution in [0.15, 0.2) is 29.4 Å². The van der Waals surface area contributed by atoms with Crippen LogP contribution in [0.5, 0.6) is 0 Å². The third-order valence-electron chi connectivity index (χ3n) is 4.10. The Balaban J connectivity index is 2.19. The fourth-order valence-electron chi connectivity index (χ4n) is 2.83. The quantitative estimate of drug-likeness (QED) is 0.334. The Bertz CT molecular complexity index is 1020. The lowest BCUT2D eigenvalue weighted by atomic mass is 10.0. The van der Waals surface area contributed by atoms with Gasteiger partial charge in [0.2, 0.25) is 27.8 Å². The summed E-state index contributed by atoms with van der Waals surface area (Å²) in [6.07, 6.45) is 1.72. The van der Waals surface area contributed by atoms with Gasteiger partial charge in [0.25, 0.3) is 0 Å². The van der Waals surface area contributed by atoms with E-state index in [1.165, 1.54) is 18.7 Å². The minimum Gasteiger partial charge on any atom is -0.394 e. The van der Waals surface area contributed by atoms with Crippen molar-refractivity contribution >= 4 is 39.6 Å². The molecule has 1 aromatic heterocycles. The molecular formula is C20H30N6O4S2. The molecule has 0 aliphatic heterocycles. The number of sulfonamides is 1. The molecule has 2 rings (SSSR count). The summed E-state index contributed by atoms with van der Waals surface area (Å²) < 4.78 is 25.6. The van der Waals surface area contributed by atoms with Gasteiger partial charge in [0.05, 0.1) is 18.9 Å². The monoisotopic (exact) mass is 482 g/mol. The van der Waals surface area contributed by atoms with Gasteiger partial charge in [-0.15, -0.1) is 0 Å². The molecule has 0 radical (unpaired) electrons. The van der Waals surface area contributed by atoms with Gasteiger partial charge in [0, 0.05) is 19.2 Å². The van der Waals surface area contributed by atoms with Crippen LogP contribution in [0.2, 0.25) is 0 Å².